The zero-order chi connectivity index (χ0) is 10.6. The summed E-state index contributed by atoms with van der Waals surface area (Å²) in [6.45, 7) is 2.16. The molecule has 0 atom stereocenters. The smallest absolute Gasteiger partial charge is 0.338 e. The molecule has 0 saturated heterocycles. The molecule has 1 aromatic rings. The molecule has 0 aliphatic heterocycles. The van der Waals surface area contributed by atoms with Crippen molar-refractivity contribution < 1.29 is 14.6 Å². The molecule has 0 bridgehead atoms. The van der Waals surface area contributed by atoms with Crippen LogP contribution in [-0.2, 0) is 4.74 Å². The zero-order valence-electron chi connectivity index (χ0n) is 7.74. The lowest BCUT2D eigenvalue weighted by atomic mass is 10.3. The Morgan fingerprint density at radius 3 is 2.86 bits per heavy atom. The molecule has 1 aromatic heterocycles. The minimum Gasteiger partial charge on any atom is -0.494 e. The average molecular weight is 197 g/mol. The van der Waals surface area contributed by atoms with Gasteiger partial charge in [-0.1, -0.05) is 6.92 Å². The van der Waals surface area contributed by atoms with E-state index in [0.717, 1.165) is 12.1 Å². The average Bonchev–Trinajstić information content (AvgIpc) is 2.12. The lowest BCUT2D eigenvalue weighted by Crippen LogP contribution is -2.11. The van der Waals surface area contributed by atoms with E-state index in [2.05, 4.69) is 4.98 Å². The minimum atomic E-state index is -0.603. The zero-order valence-corrected chi connectivity index (χ0v) is 7.74. The van der Waals surface area contributed by atoms with Crippen LogP contribution in [-0.4, -0.2) is 22.7 Å². The lowest BCUT2D eigenvalue weighted by molar-refractivity contribution is 0.0504. The van der Waals surface area contributed by atoms with Crippen molar-refractivity contribution >= 4 is 5.97 Å². The van der Waals surface area contributed by atoms with Gasteiger partial charge in [-0.15, -0.1) is 0 Å². The molecule has 0 fully saturated rings. The van der Waals surface area contributed by atoms with Crippen LogP contribution in [0.2, 0.25) is 0 Å². The highest BCUT2D eigenvalue weighted by atomic mass is 16.5. The maximum atomic E-state index is 11.2. The summed E-state index contributed by atoms with van der Waals surface area (Å²) in [7, 11) is 0. The largest absolute Gasteiger partial charge is 0.494 e. The van der Waals surface area contributed by atoms with Crippen LogP contribution in [0, 0.1) is 0 Å². The van der Waals surface area contributed by atoms with Crippen LogP contribution >= 0.6 is 0 Å². The monoisotopic (exact) mass is 197 g/mol. The Morgan fingerprint density at radius 1 is 1.57 bits per heavy atom. The number of nitrogens with one attached hydrogen (secondary N) is 1. The number of carbonyl (C=O) groups excluding carboxylic acids is 1. The van der Waals surface area contributed by atoms with Crippen molar-refractivity contribution in [1.82, 2.24) is 4.98 Å². The van der Waals surface area contributed by atoms with Gasteiger partial charge in [0.05, 0.1) is 12.2 Å². The molecule has 76 valence electrons. The quantitative estimate of drug-likeness (QED) is 0.697. The fourth-order valence-electron chi connectivity index (χ4n) is 0.925. The molecule has 0 radical (unpaired) electrons. The van der Waals surface area contributed by atoms with E-state index in [0.29, 0.717) is 13.0 Å². The number of aromatic hydroxyl groups is 1. The second-order valence-electron chi connectivity index (χ2n) is 2.75. The van der Waals surface area contributed by atoms with Crippen LogP contribution in [0.3, 0.4) is 0 Å². The number of esters is 1. The van der Waals surface area contributed by atoms with Crippen LogP contribution < -0.4 is 5.56 Å². The second kappa shape index (κ2) is 4.45. The van der Waals surface area contributed by atoms with Crippen molar-refractivity contribution in [2.75, 3.05) is 6.61 Å². The fourth-order valence-corrected chi connectivity index (χ4v) is 0.925. The highest BCUT2D eigenvalue weighted by molar-refractivity contribution is 5.89. The molecule has 5 heteroatoms. The Hall–Kier alpha value is -1.78. The molecule has 0 aliphatic carbocycles. The first-order valence-corrected chi connectivity index (χ1v) is 4.24. The van der Waals surface area contributed by atoms with E-state index in [-0.39, 0.29) is 11.4 Å². The van der Waals surface area contributed by atoms with Gasteiger partial charge in [-0.3, -0.25) is 9.78 Å². The predicted octanol–water partition coefficient (Wildman–Crippen LogP) is 0.647. The number of pyridine rings is 1. The topological polar surface area (TPSA) is 79.4 Å². The van der Waals surface area contributed by atoms with Gasteiger partial charge in [0.2, 0.25) is 0 Å². The van der Waals surface area contributed by atoms with E-state index in [1.807, 2.05) is 6.92 Å². The van der Waals surface area contributed by atoms with E-state index >= 15 is 0 Å². The van der Waals surface area contributed by atoms with Gasteiger partial charge in [-0.05, 0) is 6.42 Å². The molecular formula is C9H11NO4. The maximum Gasteiger partial charge on any atom is 0.338 e. The molecular weight excluding hydrogens is 186 g/mol. The fraction of sp³-hybridized carbons (Fsp3) is 0.333. The van der Waals surface area contributed by atoms with Gasteiger partial charge in [0.25, 0.3) is 5.56 Å². The van der Waals surface area contributed by atoms with Gasteiger partial charge in [0.1, 0.15) is 0 Å². The number of hydrogen-bond acceptors (Lipinski definition) is 4. The third kappa shape index (κ3) is 2.62. The molecule has 14 heavy (non-hydrogen) atoms. The van der Waals surface area contributed by atoms with Crippen molar-refractivity contribution in [2.24, 2.45) is 0 Å². The van der Waals surface area contributed by atoms with Gasteiger partial charge < -0.3 is 9.84 Å². The Morgan fingerprint density at radius 2 is 2.29 bits per heavy atom. The highest BCUT2D eigenvalue weighted by Gasteiger charge is 2.08. The number of rotatable bonds is 3. The molecule has 0 spiro atoms. The minimum absolute atomic E-state index is 0.0553. The summed E-state index contributed by atoms with van der Waals surface area (Å²) in [5.41, 5.74) is -0.479. The van der Waals surface area contributed by atoms with Gasteiger partial charge >= 0.3 is 5.97 Å². The first-order valence-electron chi connectivity index (χ1n) is 4.24. The summed E-state index contributed by atoms with van der Waals surface area (Å²) in [6, 6.07) is 2.23. The molecule has 0 aliphatic rings. The number of ether oxygens (including phenoxy) is 1. The van der Waals surface area contributed by atoms with Crippen LogP contribution in [0.4, 0.5) is 0 Å². The molecule has 0 amide bonds. The van der Waals surface area contributed by atoms with Gasteiger partial charge in [-0.2, -0.15) is 0 Å². The van der Waals surface area contributed by atoms with E-state index in [1.165, 1.54) is 0 Å². The van der Waals surface area contributed by atoms with Crippen molar-refractivity contribution in [3.05, 3.63) is 28.0 Å². The van der Waals surface area contributed by atoms with Crippen LogP contribution in [0.1, 0.15) is 23.7 Å². The summed E-state index contributed by atoms with van der Waals surface area (Å²) in [5.74, 6) is -0.950. The Bertz CT molecular complexity index is 383. The summed E-state index contributed by atoms with van der Waals surface area (Å²) in [5, 5.41) is 9.00. The first kappa shape index (κ1) is 10.3. The van der Waals surface area contributed by atoms with Crippen molar-refractivity contribution in [1.29, 1.82) is 0 Å². The molecule has 5 nitrogen and oxygen atoms in total. The molecule has 1 rings (SSSR count). The van der Waals surface area contributed by atoms with Gasteiger partial charge in [-0.25, -0.2) is 4.79 Å². The van der Waals surface area contributed by atoms with Crippen LogP contribution in [0.5, 0.6) is 5.88 Å². The summed E-state index contributed by atoms with van der Waals surface area (Å²) < 4.78 is 4.78. The number of H-pyrrole nitrogens is 1. The summed E-state index contributed by atoms with van der Waals surface area (Å²) in [4.78, 5) is 24.2. The van der Waals surface area contributed by atoms with Crippen LogP contribution in [0.15, 0.2) is 16.9 Å². The highest BCUT2D eigenvalue weighted by Crippen LogP contribution is 2.05. The van der Waals surface area contributed by atoms with Crippen LogP contribution in [0.25, 0.3) is 0 Å². The third-order valence-electron chi connectivity index (χ3n) is 1.50. The molecule has 1 heterocycles. The van der Waals surface area contributed by atoms with Crippen molar-refractivity contribution in [3.63, 3.8) is 0 Å². The predicted molar refractivity (Wildman–Crippen MR) is 49.3 cm³/mol. The second-order valence-corrected chi connectivity index (χ2v) is 2.75. The molecule has 2 N–H and O–H groups in total. The third-order valence-corrected chi connectivity index (χ3v) is 1.50. The molecule has 0 unspecified atom stereocenters. The van der Waals surface area contributed by atoms with E-state index in [4.69, 9.17) is 9.84 Å². The Kier molecular flexibility index (Phi) is 3.28. The number of carbonyl (C=O) groups is 1. The Labute approximate surface area is 80.3 Å². The van der Waals surface area contributed by atoms with E-state index < -0.39 is 11.5 Å². The maximum absolute atomic E-state index is 11.2. The van der Waals surface area contributed by atoms with E-state index in [9.17, 15) is 9.59 Å². The van der Waals surface area contributed by atoms with Gasteiger partial charge in [0, 0.05) is 12.1 Å². The standard InChI is InChI=1S/C9H11NO4/c1-2-3-14-9(13)6-4-7(11)10-8(12)5-6/h4-5H,2-3H2,1H3,(H2,10,11,12). The number of aromatic nitrogens is 1. The number of aromatic amines is 1. The van der Waals surface area contributed by atoms with Crippen molar-refractivity contribution in [2.45, 2.75) is 13.3 Å². The summed E-state index contributed by atoms with van der Waals surface area (Å²) in [6.07, 6.45) is 0.709. The Balaban J connectivity index is 2.84. The number of hydrogen-bond donors (Lipinski definition) is 2. The SMILES string of the molecule is CCCOC(=O)c1cc(O)[nH]c(=O)c1. The first-order chi connectivity index (χ1) is 6.63. The van der Waals surface area contributed by atoms with Crippen molar-refractivity contribution in [3.8, 4) is 5.88 Å². The normalized spacial score (nSPS) is 9.79. The lowest BCUT2D eigenvalue weighted by Gasteiger charge is -2.02. The molecule has 0 aromatic carbocycles. The molecule has 0 saturated carbocycles. The summed E-state index contributed by atoms with van der Waals surface area (Å²) >= 11 is 0. The van der Waals surface area contributed by atoms with Gasteiger partial charge in [0.15, 0.2) is 5.88 Å². The van der Waals surface area contributed by atoms with E-state index in [1.54, 1.807) is 0 Å².